The fourth-order valence-electron chi connectivity index (χ4n) is 2.72. The zero-order valence-corrected chi connectivity index (χ0v) is 14.1. The predicted molar refractivity (Wildman–Crippen MR) is 91.3 cm³/mol. The number of ether oxygens (including phenoxy) is 1. The summed E-state index contributed by atoms with van der Waals surface area (Å²) < 4.78 is 45.3. The monoisotopic (exact) mass is 350 g/mol. The molecule has 7 heteroatoms. The molecule has 1 aliphatic rings. The van der Waals surface area contributed by atoms with Crippen molar-refractivity contribution in [3.8, 4) is 0 Å². The second kappa shape index (κ2) is 6.78. The molecule has 0 saturated carbocycles. The molecule has 128 valence electrons. The molecule has 0 aliphatic carbocycles. The highest BCUT2D eigenvalue weighted by molar-refractivity contribution is 7.92. The first-order valence-electron chi connectivity index (χ1n) is 7.64. The molecule has 1 fully saturated rings. The zero-order valence-electron chi connectivity index (χ0n) is 13.3. The SMILES string of the molecule is COC1CCN(c2ccc(NS(=O)(=O)c3ccc(F)cc3)cc2)C1. The van der Waals surface area contributed by atoms with Gasteiger partial charge in [-0.2, -0.15) is 0 Å². The molecule has 0 spiro atoms. The van der Waals surface area contributed by atoms with Gasteiger partial charge in [-0.05, 0) is 55.0 Å². The van der Waals surface area contributed by atoms with E-state index in [1.165, 1.54) is 12.1 Å². The highest BCUT2D eigenvalue weighted by Crippen LogP contribution is 2.24. The first-order chi connectivity index (χ1) is 11.5. The second-order valence-corrected chi connectivity index (χ2v) is 7.38. The Morgan fingerprint density at radius 1 is 1.12 bits per heavy atom. The lowest BCUT2D eigenvalue weighted by Crippen LogP contribution is -2.22. The van der Waals surface area contributed by atoms with Crippen LogP contribution in [0.2, 0.25) is 0 Å². The Hall–Kier alpha value is -2.12. The molecule has 1 N–H and O–H groups in total. The van der Waals surface area contributed by atoms with Crippen LogP contribution in [0.1, 0.15) is 6.42 Å². The average molecular weight is 350 g/mol. The number of anilines is 2. The van der Waals surface area contributed by atoms with E-state index in [9.17, 15) is 12.8 Å². The number of hydrogen-bond acceptors (Lipinski definition) is 4. The van der Waals surface area contributed by atoms with Crippen LogP contribution in [0.5, 0.6) is 0 Å². The fraction of sp³-hybridized carbons (Fsp3) is 0.294. The van der Waals surface area contributed by atoms with Crippen molar-refractivity contribution in [2.24, 2.45) is 0 Å². The molecule has 1 aliphatic heterocycles. The van der Waals surface area contributed by atoms with Gasteiger partial charge >= 0.3 is 0 Å². The van der Waals surface area contributed by atoms with Gasteiger partial charge < -0.3 is 9.64 Å². The number of rotatable bonds is 5. The van der Waals surface area contributed by atoms with Crippen LogP contribution >= 0.6 is 0 Å². The van der Waals surface area contributed by atoms with Crippen LogP contribution < -0.4 is 9.62 Å². The van der Waals surface area contributed by atoms with E-state index in [1.54, 1.807) is 19.2 Å². The van der Waals surface area contributed by atoms with Gasteiger partial charge in [-0.1, -0.05) is 0 Å². The van der Waals surface area contributed by atoms with Crippen LogP contribution in [-0.2, 0) is 14.8 Å². The Balaban J connectivity index is 1.71. The maximum Gasteiger partial charge on any atom is 0.261 e. The van der Waals surface area contributed by atoms with Gasteiger partial charge in [-0.15, -0.1) is 0 Å². The summed E-state index contributed by atoms with van der Waals surface area (Å²) in [6.07, 6.45) is 1.22. The average Bonchev–Trinajstić information content (AvgIpc) is 3.05. The smallest absolute Gasteiger partial charge is 0.261 e. The van der Waals surface area contributed by atoms with Gasteiger partial charge in [0.15, 0.2) is 0 Å². The number of halogens is 1. The van der Waals surface area contributed by atoms with E-state index in [1.807, 2.05) is 12.1 Å². The van der Waals surface area contributed by atoms with E-state index in [0.29, 0.717) is 5.69 Å². The summed E-state index contributed by atoms with van der Waals surface area (Å²) >= 11 is 0. The summed E-state index contributed by atoms with van der Waals surface area (Å²) in [5.74, 6) is -0.474. The number of methoxy groups -OCH3 is 1. The van der Waals surface area contributed by atoms with E-state index in [2.05, 4.69) is 9.62 Å². The van der Waals surface area contributed by atoms with Crippen LogP contribution in [0.3, 0.4) is 0 Å². The molecule has 24 heavy (non-hydrogen) atoms. The number of benzene rings is 2. The van der Waals surface area contributed by atoms with Gasteiger partial charge in [0, 0.05) is 31.6 Å². The van der Waals surface area contributed by atoms with Crippen molar-refractivity contribution in [1.82, 2.24) is 0 Å². The maximum atomic E-state index is 12.9. The minimum absolute atomic E-state index is 0.0236. The van der Waals surface area contributed by atoms with Crippen molar-refractivity contribution in [3.63, 3.8) is 0 Å². The second-order valence-electron chi connectivity index (χ2n) is 5.70. The Kier molecular flexibility index (Phi) is 4.73. The van der Waals surface area contributed by atoms with Gasteiger partial charge in [0.25, 0.3) is 10.0 Å². The van der Waals surface area contributed by atoms with Crippen molar-refractivity contribution in [2.45, 2.75) is 17.4 Å². The molecule has 0 amide bonds. The predicted octanol–water partition coefficient (Wildman–Crippen LogP) is 2.85. The fourth-order valence-corrected chi connectivity index (χ4v) is 3.78. The van der Waals surface area contributed by atoms with Gasteiger partial charge in [0.05, 0.1) is 11.0 Å². The summed E-state index contributed by atoms with van der Waals surface area (Å²) in [7, 11) is -2.02. The molecule has 1 atom stereocenters. The summed E-state index contributed by atoms with van der Waals surface area (Å²) in [5.41, 5.74) is 1.49. The van der Waals surface area contributed by atoms with Gasteiger partial charge in [0.2, 0.25) is 0 Å². The number of sulfonamides is 1. The molecular formula is C17H19FN2O3S. The van der Waals surface area contributed by atoms with E-state index in [4.69, 9.17) is 4.74 Å². The van der Waals surface area contributed by atoms with Crippen LogP contribution in [0.15, 0.2) is 53.4 Å². The summed E-state index contributed by atoms with van der Waals surface area (Å²) in [5, 5.41) is 0. The lowest BCUT2D eigenvalue weighted by molar-refractivity contribution is 0.121. The third-order valence-corrected chi connectivity index (χ3v) is 5.48. The van der Waals surface area contributed by atoms with E-state index >= 15 is 0 Å². The molecule has 1 heterocycles. The zero-order chi connectivity index (χ0) is 17.2. The molecule has 5 nitrogen and oxygen atoms in total. The number of hydrogen-bond donors (Lipinski definition) is 1. The first-order valence-corrected chi connectivity index (χ1v) is 9.12. The van der Waals surface area contributed by atoms with E-state index in [-0.39, 0.29) is 11.0 Å². The minimum Gasteiger partial charge on any atom is -0.380 e. The molecule has 1 saturated heterocycles. The topological polar surface area (TPSA) is 58.6 Å². The molecule has 3 rings (SSSR count). The summed E-state index contributed by atoms with van der Waals surface area (Å²) in [6, 6.07) is 11.9. The highest BCUT2D eigenvalue weighted by Gasteiger charge is 2.22. The standard InChI is InChI=1S/C17H19FN2O3S/c1-23-16-10-11-20(12-16)15-6-4-14(5-7-15)19-24(21,22)17-8-2-13(18)3-9-17/h2-9,16,19H,10-12H2,1H3. The third-order valence-electron chi connectivity index (χ3n) is 4.09. The Labute approximate surface area is 141 Å². The van der Waals surface area contributed by atoms with Crippen molar-refractivity contribution in [2.75, 3.05) is 29.8 Å². The van der Waals surface area contributed by atoms with Crippen LogP contribution in [0.25, 0.3) is 0 Å². The van der Waals surface area contributed by atoms with E-state index in [0.717, 1.165) is 37.3 Å². The molecule has 0 radical (unpaired) electrons. The highest BCUT2D eigenvalue weighted by atomic mass is 32.2. The third kappa shape index (κ3) is 3.68. The summed E-state index contributed by atoms with van der Waals surface area (Å²) in [4.78, 5) is 2.22. The molecule has 0 aromatic heterocycles. The normalized spacial score (nSPS) is 17.9. The number of nitrogens with one attached hydrogen (secondary N) is 1. The largest absolute Gasteiger partial charge is 0.380 e. The quantitative estimate of drug-likeness (QED) is 0.901. The minimum atomic E-state index is -3.72. The Morgan fingerprint density at radius 2 is 1.79 bits per heavy atom. The molecule has 2 aromatic carbocycles. The van der Waals surface area contributed by atoms with Gasteiger partial charge in [-0.25, -0.2) is 12.8 Å². The van der Waals surface area contributed by atoms with Crippen molar-refractivity contribution < 1.29 is 17.5 Å². The first kappa shape index (κ1) is 16.7. The van der Waals surface area contributed by atoms with Crippen LogP contribution in [-0.4, -0.2) is 34.7 Å². The molecule has 0 bridgehead atoms. The lowest BCUT2D eigenvalue weighted by atomic mass is 10.2. The van der Waals surface area contributed by atoms with Gasteiger partial charge in [-0.3, -0.25) is 4.72 Å². The van der Waals surface area contributed by atoms with Crippen LogP contribution in [0, 0.1) is 5.82 Å². The van der Waals surface area contributed by atoms with Gasteiger partial charge in [0.1, 0.15) is 5.82 Å². The van der Waals surface area contributed by atoms with Crippen molar-refractivity contribution in [1.29, 1.82) is 0 Å². The molecular weight excluding hydrogens is 331 g/mol. The van der Waals surface area contributed by atoms with Crippen molar-refractivity contribution >= 4 is 21.4 Å². The Morgan fingerprint density at radius 3 is 2.38 bits per heavy atom. The van der Waals surface area contributed by atoms with Crippen molar-refractivity contribution in [3.05, 3.63) is 54.3 Å². The lowest BCUT2D eigenvalue weighted by Gasteiger charge is -2.18. The Bertz CT molecular complexity index is 792. The number of nitrogens with zero attached hydrogens (tertiary/aromatic N) is 1. The molecule has 1 unspecified atom stereocenters. The van der Waals surface area contributed by atoms with Crippen LogP contribution in [0.4, 0.5) is 15.8 Å². The maximum absolute atomic E-state index is 12.9. The van der Waals surface area contributed by atoms with E-state index < -0.39 is 15.8 Å². The molecule has 2 aromatic rings. The summed E-state index contributed by atoms with van der Waals surface area (Å²) in [6.45, 7) is 1.75.